The molecule has 2 N–H and O–H groups in total. The number of hydrogen-bond donors (Lipinski definition) is 2. The number of thiazole rings is 1. The van der Waals surface area contributed by atoms with Gasteiger partial charge in [-0.15, -0.1) is 11.3 Å². The molecular weight excluding hydrogens is 342 g/mol. The summed E-state index contributed by atoms with van der Waals surface area (Å²) in [5, 5.41) is 4.55. The van der Waals surface area contributed by atoms with Crippen molar-refractivity contribution < 1.29 is 8.42 Å². The van der Waals surface area contributed by atoms with Crippen LogP contribution in [0.15, 0.2) is 24.3 Å². The molecule has 1 heterocycles. The summed E-state index contributed by atoms with van der Waals surface area (Å²) in [6.07, 6.45) is 7.52. The van der Waals surface area contributed by atoms with Crippen molar-refractivity contribution >= 4 is 32.2 Å². The average molecular weight is 366 g/mol. The second-order valence-corrected chi connectivity index (χ2v) is 9.31. The lowest BCUT2D eigenvalue weighted by Crippen LogP contribution is -2.21. The van der Waals surface area contributed by atoms with Crippen LogP contribution in [0.25, 0.3) is 11.3 Å². The normalized spacial score (nSPS) is 16.1. The lowest BCUT2D eigenvalue weighted by Gasteiger charge is -2.22. The van der Waals surface area contributed by atoms with Crippen molar-refractivity contribution in [2.45, 2.75) is 45.1 Å². The van der Waals surface area contributed by atoms with Gasteiger partial charge in [0.1, 0.15) is 0 Å². The van der Waals surface area contributed by atoms with E-state index in [1.807, 2.05) is 12.1 Å². The molecule has 0 atom stereocenters. The predicted octanol–water partition coefficient (Wildman–Crippen LogP) is 4.23. The molecule has 1 aromatic heterocycles. The molecule has 0 aliphatic heterocycles. The van der Waals surface area contributed by atoms with Gasteiger partial charge in [0.15, 0.2) is 5.13 Å². The highest BCUT2D eigenvalue weighted by molar-refractivity contribution is 7.92. The summed E-state index contributed by atoms with van der Waals surface area (Å²) >= 11 is 1.68. The molecule has 0 unspecified atom stereocenters. The Labute approximate surface area is 147 Å². The lowest BCUT2D eigenvalue weighted by atomic mass is 9.96. The second kappa shape index (κ2) is 7.11. The van der Waals surface area contributed by atoms with Crippen molar-refractivity contribution in [3.05, 3.63) is 29.1 Å². The van der Waals surface area contributed by atoms with Crippen LogP contribution in [0.4, 0.5) is 10.8 Å². The van der Waals surface area contributed by atoms with Crippen LogP contribution < -0.4 is 10.0 Å². The molecular formula is C17H23N3O2S2. The fourth-order valence-corrected chi connectivity index (χ4v) is 4.53. The average Bonchev–Trinajstić information content (AvgIpc) is 2.88. The Morgan fingerprint density at radius 1 is 1.12 bits per heavy atom. The van der Waals surface area contributed by atoms with Gasteiger partial charge in [0, 0.05) is 22.2 Å². The molecule has 2 aromatic rings. The number of anilines is 2. The van der Waals surface area contributed by atoms with E-state index in [0.717, 1.165) is 27.5 Å². The van der Waals surface area contributed by atoms with Gasteiger partial charge in [0.25, 0.3) is 0 Å². The number of hydrogen-bond acceptors (Lipinski definition) is 5. The second-order valence-electron chi connectivity index (χ2n) is 6.35. The van der Waals surface area contributed by atoms with Crippen molar-refractivity contribution in [1.82, 2.24) is 4.98 Å². The summed E-state index contributed by atoms with van der Waals surface area (Å²) in [6.45, 7) is 2.07. The SMILES string of the molecule is Cc1sc(NC2CCCCC2)nc1-c1ccc(NS(C)(=O)=O)cc1. The molecule has 1 fully saturated rings. The summed E-state index contributed by atoms with van der Waals surface area (Å²) in [6, 6.07) is 7.88. The molecule has 0 amide bonds. The summed E-state index contributed by atoms with van der Waals surface area (Å²) < 4.78 is 25.0. The van der Waals surface area contributed by atoms with Crippen LogP contribution in [0.3, 0.4) is 0 Å². The number of benzene rings is 1. The minimum absolute atomic E-state index is 0.540. The molecule has 7 heteroatoms. The van der Waals surface area contributed by atoms with Crippen LogP contribution >= 0.6 is 11.3 Å². The van der Waals surface area contributed by atoms with E-state index < -0.39 is 10.0 Å². The van der Waals surface area contributed by atoms with Gasteiger partial charge in [-0.2, -0.15) is 0 Å². The third kappa shape index (κ3) is 4.48. The maximum absolute atomic E-state index is 11.3. The van der Waals surface area contributed by atoms with E-state index >= 15 is 0 Å². The Morgan fingerprint density at radius 2 is 1.79 bits per heavy atom. The minimum Gasteiger partial charge on any atom is -0.359 e. The summed E-state index contributed by atoms with van der Waals surface area (Å²) in [4.78, 5) is 5.91. The molecule has 0 saturated heterocycles. The highest BCUT2D eigenvalue weighted by Crippen LogP contribution is 2.32. The van der Waals surface area contributed by atoms with Crippen molar-refractivity contribution in [2.75, 3.05) is 16.3 Å². The summed E-state index contributed by atoms with van der Waals surface area (Å²) in [7, 11) is -3.25. The van der Waals surface area contributed by atoms with Gasteiger partial charge in [0.2, 0.25) is 10.0 Å². The van der Waals surface area contributed by atoms with E-state index in [1.165, 1.54) is 32.1 Å². The first kappa shape index (κ1) is 17.2. The Kier molecular flexibility index (Phi) is 5.10. The van der Waals surface area contributed by atoms with Gasteiger partial charge in [-0.25, -0.2) is 13.4 Å². The van der Waals surface area contributed by atoms with Gasteiger partial charge in [-0.3, -0.25) is 4.72 Å². The molecule has 1 aliphatic carbocycles. The largest absolute Gasteiger partial charge is 0.359 e. The van der Waals surface area contributed by atoms with Crippen LogP contribution in [-0.4, -0.2) is 25.7 Å². The third-order valence-corrected chi connectivity index (χ3v) is 5.70. The monoisotopic (exact) mass is 365 g/mol. The van der Waals surface area contributed by atoms with Crippen LogP contribution in [-0.2, 0) is 10.0 Å². The van der Waals surface area contributed by atoms with E-state index in [4.69, 9.17) is 4.98 Å². The topological polar surface area (TPSA) is 71.1 Å². The lowest BCUT2D eigenvalue weighted by molar-refractivity contribution is 0.462. The van der Waals surface area contributed by atoms with E-state index in [9.17, 15) is 8.42 Å². The zero-order chi connectivity index (χ0) is 17.2. The van der Waals surface area contributed by atoms with Crippen LogP contribution in [0.2, 0.25) is 0 Å². The number of rotatable bonds is 5. The maximum Gasteiger partial charge on any atom is 0.229 e. The first-order valence-electron chi connectivity index (χ1n) is 8.23. The Morgan fingerprint density at radius 3 is 2.42 bits per heavy atom. The highest BCUT2D eigenvalue weighted by atomic mass is 32.2. The van der Waals surface area contributed by atoms with Crippen LogP contribution in [0.1, 0.15) is 37.0 Å². The van der Waals surface area contributed by atoms with Gasteiger partial charge < -0.3 is 5.32 Å². The van der Waals surface area contributed by atoms with Crippen molar-refractivity contribution in [1.29, 1.82) is 0 Å². The smallest absolute Gasteiger partial charge is 0.229 e. The molecule has 0 radical (unpaired) electrons. The molecule has 1 saturated carbocycles. The van der Waals surface area contributed by atoms with Crippen molar-refractivity contribution in [3.8, 4) is 11.3 Å². The van der Waals surface area contributed by atoms with Gasteiger partial charge in [-0.05, 0) is 31.9 Å². The van der Waals surface area contributed by atoms with Crippen LogP contribution in [0.5, 0.6) is 0 Å². The fourth-order valence-electron chi connectivity index (χ4n) is 3.06. The third-order valence-electron chi connectivity index (χ3n) is 4.19. The Bertz CT molecular complexity index is 792. The molecule has 0 bridgehead atoms. The number of aryl methyl sites for hydroxylation is 1. The molecule has 0 spiro atoms. The van der Waals surface area contributed by atoms with Crippen molar-refractivity contribution in [2.24, 2.45) is 0 Å². The number of nitrogens with zero attached hydrogens (tertiary/aromatic N) is 1. The first-order chi connectivity index (χ1) is 11.4. The molecule has 5 nitrogen and oxygen atoms in total. The summed E-state index contributed by atoms with van der Waals surface area (Å²) in [5.41, 5.74) is 2.53. The zero-order valence-electron chi connectivity index (χ0n) is 14.0. The summed E-state index contributed by atoms with van der Waals surface area (Å²) in [5.74, 6) is 0. The van der Waals surface area contributed by atoms with Gasteiger partial charge in [-0.1, -0.05) is 31.4 Å². The van der Waals surface area contributed by atoms with E-state index in [2.05, 4.69) is 17.0 Å². The molecule has 24 heavy (non-hydrogen) atoms. The molecule has 1 aliphatic rings. The molecule has 130 valence electrons. The number of aromatic nitrogens is 1. The standard InChI is InChI=1S/C17H23N3O2S2/c1-12-16(13-8-10-15(11-9-13)20-24(2,21)22)19-17(23-12)18-14-6-4-3-5-7-14/h8-11,14,20H,3-7H2,1-2H3,(H,18,19). The zero-order valence-corrected chi connectivity index (χ0v) is 15.6. The molecule has 3 rings (SSSR count). The Balaban J connectivity index is 1.74. The highest BCUT2D eigenvalue weighted by Gasteiger charge is 2.16. The minimum atomic E-state index is -3.25. The van der Waals surface area contributed by atoms with E-state index in [0.29, 0.717) is 11.7 Å². The van der Waals surface area contributed by atoms with Gasteiger partial charge in [0.05, 0.1) is 11.9 Å². The first-order valence-corrected chi connectivity index (χ1v) is 10.9. The van der Waals surface area contributed by atoms with E-state index in [-0.39, 0.29) is 0 Å². The van der Waals surface area contributed by atoms with Crippen LogP contribution in [0, 0.1) is 6.92 Å². The number of sulfonamides is 1. The van der Waals surface area contributed by atoms with E-state index in [1.54, 1.807) is 23.5 Å². The molecule has 1 aromatic carbocycles. The van der Waals surface area contributed by atoms with Gasteiger partial charge >= 0.3 is 0 Å². The quantitative estimate of drug-likeness (QED) is 0.831. The number of nitrogens with one attached hydrogen (secondary N) is 2. The fraction of sp³-hybridized carbons (Fsp3) is 0.471. The van der Waals surface area contributed by atoms with Crippen molar-refractivity contribution in [3.63, 3.8) is 0 Å². The maximum atomic E-state index is 11.3. The Hall–Kier alpha value is -1.60. The predicted molar refractivity (Wildman–Crippen MR) is 101 cm³/mol.